The monoisotopic (exact) mass is 513 g/mol. The SMILES string of the molecule is Cc1nc2ccc(Br)cn2c1-c1ccnc(Nc2ccc(C(=O)Nc3ccccc3N)cc2)n1. The zero-order valence-electron chi connectivity index (χ0n) is 18.2. The number of nitrogens with two attached hydrogens (primary N) is 1. The zero-order valence-corrected chi connectivity index (χ0v) is 19.7. The van der Waals surface area contributed by atoms with Gasteiger partial charge in [-0.2, -0.15) is 0 Å². The van der Waals surface area contributed by atoms with Crippen LogP contribution in [0.15, 0.2) is 83.6 Å². The number of anilines is 4. The number of carbonyl (C=O) groups excluding carboxylic acids is 1. The van der Waals surface area contributed by atoms with Crippen molar-refractivity contribution in [1.29, 1.82) is 0 Å². The standard InChI is InChI=1S/C25H20BrN7O/c1-15-23(33-14-17(26)8-11-22(33)29-15)21-12-13-28-25(32-21)30-18-9-6-16(7-10-18)24(34)31-20-5-3-2-4-19(20)27/h2-14H,27H2,1H3,(H,31,34)(H,28,30,32). The lowest BCUT2D eigenvalue weighted by molar-refractivity contribution is 0.102. The molecule has 0 atom stereocenters. The number of carbonyl (C=O) groups is 1. The average molecular weight is 514 g/mol. The number of imidazole rings is 1. The lowest BCUT2D eigenvalue weighted by Gasteiger charge is -2.10. The molecule has 0 spiro atoms. The van der Waals surface area contributed by atoms with Crippen molar-refractivity contribution in [3.63, 3.8) is 0 Å². The van der Waals surface area contributed by atoms with Gasteiger partial charge in [-0.1, -0.05) is 12.1 Å². The van der Waals surface area contributed by atoms with Crippen LogP contribution in [-0.4, -0.2) is 25.3 Å². The molecule has 5 rings (SSSR count). The highest BCUT2D eigenvalue weighted by atomic mass is 79.9. The molecule has 1 amide bonds. The first kappa shape index (κ1) is 21.6. The van der Waals surface area contributed by atoms with Crippen molar-refractivity contribution in [2.45, 2.75) is 6.92 Å². The van der Waals surface area contributed by atoms with Gasteiger partial charge >= 0.3 is 0 Å². The average Bonchev–Trinajstić information content (AvgIpc) is 3.16. The van der Waals surface area contributed by atoms with Crippen LogP contribution in [0.25, 0.3) is 17.0 Å². The first-order valence-corrected chi connectivity index (χ1v) is 11.3. The van der Waals surface area contributed by atoms with Crippen molar-refractivity contribution in [3.8, 4) is 11.4 Å². The number of nitrogens with zero attached hydrogens (tertiary/aromatic N) is 4. The first-order valence-electron chi connectivity index (χ1n) is 10.5. The van der Waals surface area contributed by atoms with Crippen LogP contribution >= 0.6 is 15.9 Å². The Kier molecular flexibility index (Phi) is 5.69. The number of nitrogen functional groups attached to an aromatic ring is 1. The molecule has 2 aromatic carbocycles. The molecular formula is C25H20BrN7O. The van der Waals surface area contributed by atoms with Crippen LogP contribution in [-0.2, 0) is 0 Å². The molecule has 0 bridgehead atoms. The van der Waals surface area contributed by atoms with Crippen LogP contribution in [0.1, 0.15) is 16.1 Å². The number of amides is 1. The van der Waals surface area contributed by atoms with E-state index in [0.717, 1.165) is 32.9 Å². The Balaban J connectivity index is 1.36. The molecule has 34 heavy (non-hydrogen) atoms. The number of nitrogens with one attached hydrogen (secondary N) is 2. The summed E-state index contributed by atoms with van der Waals surface area (Å²) in [5, 5.41) is 6.02. The maximum atomic E-state index is 12.6. The van der Waals surface area contributed by atoms with E-state index in [1.807, 2.05) is 47.9 Å². The number of hydrogen-bond acceptors (Lipinski definition) is 6. The van der Waals surface area contributed by atoms with E-state index in [-0.39, 0.29) is 5.91 Å². The van der Waals surface area contributed by atoms with Crippen molar-refractivity contribution >= 4 is 50.5 Å². The summed E-state index contributed by atoms with van der Waals surface area (Å²) in [4.78, 5) is 26.2. The molecule has 0 saturated carbocycles. The number of para-hydroxylation sites is 2. The van der Waals surface area contributed by atoms with Crippen molar-refractivity contribution in [3.05, 3.63) is 94.9 Å². The molecule has 0 saturated heterocycles. The summed E-state index contributed by atoms with van der Waals surface area (Å²) in [7, 11) is 0. The number of fused-ring (bicyclic) bond motifs is 1. The molecule has 3 aromatic heterocycles. The Labute approximate surface area is 204 Å². The summed E-state index contributed by atoms with van der Waals surface area (Å²) in [6.45, 7) is 1.96. The minimum absolute atomic E-state index is 0.239. The van der Waals surface area contributed by atoms with Gasteiger partial charge in [0.05, 0.1) is 28.5 Å². The van der Waals surface area contributed by atoms with Gasteiger partial charge in [-0.3, -0.25) is 9.20 Å². The summed E-state index contributed by atoms with van der Waals surface area (Å²) < 4.78 is 2.95. The molecule has 0 fully saturated rings. The lowest BCUT2D eigenvalue weighted by atomic mass is 10.2. The van der Waals surface area contributed by atoms with Crippen molar-refractivity contribution < 1.29 is 4.79 Å². The molecule has 8 nitrogen and oxygen atoms in total. The maximum Gasteiger partial charge on any atom is 0.255 e. The lowest BCUT2D eigenvalue weighted by Crippen LogP contribution is -2.13. The molecule has 0 aliphatic heterocycles. The van der Waals surface area contributed by atoms with Crippen LogP contribution in [0.2, 0.25) is 0 Å². The number of rotatable bonds is 5. The number of aromatic nitrogens is 4. The Morgan fingerprint density at radius 3 is 2.59 bits per heavy atom. The van der Waals surface area contributed by atoms with Gasteiger partial charge in [0.1, 0.15) is 5.65 Å². The summed E-state index contributed by atoms with van der Waals surface area (Å²) in [5.74, 6) is 0.202. The molecule has 9 heteroatoms. The predicted octanol–water partition coefficient (Wildman–Crippen LogP) is 5.44. The fourth-order valence-corrected chi connectivity index (χ4v) is 3.97. The molecule has 168 valence electrons. The topological polar surface area (TPSA) is 110 Å². The summed E-state index contributed by atoms with van der Waals surface area (Å²) in [5.41, 5.74) is 11.6. The third-order valence-corrected chi connectivity index (χ3v) is 5.74. The van der Waals surface area contributed by atoms with E-state index < -0.39 is 0 Å². The molecule has 0 unspecified atom stereocenters. The molecule has 5 aromatic rings. The minimum atomic E-state index is -0.239. The van der Waals surface area contributed by atoms with E-state index in [0.29, 0.717) is 22.9 Å². The highest BCUT2D eigenvalue weighted by Gasteiger charge is 2.14. The van der Waals surface area contributed by atoms with Gasteiger partial charge in [0.25, 0.3) is 5.91 Å². The van der Waals surface area contributed by atoms with Crippen LogP contribution in [0, 0.1) is 6.92 Å². The van der Waals surface area contributed by atoms with Gasteiger partial charge in [-0.15, -0.1) is 0 Å². The van der Waals surface area contributed by atoms with Gasteiger partial charge in [0, 0.05) is 28.1 Å². The van der Waals surface area contributed by atoms with Gasteiger partial charge in [0.15, 0.2) is 0 Å². The number of aryl methyl sites for hydroxylation is 1. The predicted molar refractivity (Wildman–Crippen MR) is 137 cm³/mol. The molecule has 0 aliphatic carbocycles. The second-order valence-electron chi connectivity index (χ2n) is 7.63. The van der Waals surface area contributed by atoms with E-state index in [9.17, 15) is 4.79 Å². The third-order valence-electron chi connectivity index (χ3n) is 5.27. The number of benzene rings is 2. The molecule has 0 aliphatic rings. The molecule has 4 N–H and O–H groups in total. The number of pyridine rings is 1. The Bertz CT molecular complexity index is 1510. The summed E-state index contributed by atoms with van der Waals surface area (Å²) >= 11 is 3.52. The highest BCUT2D eigenvalue weighted by molar-refractivity contribution is 9.10. The van der Waals surface area contributed by atoms with Gasteiger partial charge < -0.3 is 16.4 Å². The van der Waals surface area contributed by atoms with Crippen LogP contribution in [0.5, 0.6) is 0 Å². The third kappa shape index (κ3) is 4.33. The van der Waals surface area contributed by atoms with Crippen molar-refractivity contribution in [2.75, 3.05) is 16.4 Å². The second kappa shape index (κ2) is 8.95. The van der Waals surface area contributed by atoms with Crippen LogP contribution < -0.4 is 16.4 Å². The normalized spacial score (nSPS) is 10.9. The Morgan fingerprint density at radius 2 is 1.79 bits per heavy atom. The van der Waals surface area contributed by atoms with E-state index in [2.05, 4.69) is 41.5 Å². The fourth-order valence-electron chi connectivity index (χ4n) is 3.64. The maximum absolute atomic E-state index is 12.6. The smallest absolute Gasteiger partial charge is 0.255 e. The van der Waals surface area contributed by atoms with E-state index in [1.54, 1.807) is 42.6 Å². The Morgan fingerprint density at radius 1 is 1.00 bits per heavy atom. The first-order chi connectivity index (χ1) is 16.5. The van der Waals surface area contributed by atoms with Gasteiger partial charge in [0.2, 0.25) is 5.95 Å². The second-order valence-corrected chi connectivity index (χ2v) is 8.55. The molecule has 0 radical (unpaired) electrons. The van der Waals surface area contributed by atoms with Crippen molar-refractivity contribution in [1.82, 2.24) is 19.4 Å². The number of halogens is 1. The number of hydrogen-bond donors (Lipinski definition) is 3. The highest BCUT2D eigenvalue weighted by Crippen LogP contribution is 2.26. The zero-order chi connectivity index (χ0) is 23.7. The van der Waals surface area contributed by atoms with Gasteiger partial charge in [-0.05, 0) is 77.5 Å². The van der Waals surface area contributed by atoms with Crippen molar-refractivity contribution in [2.24, 2.45) is 0 Å². The summed E-state index contributed by atoms with van der Waals surface area (Å²) in [6, 6.07) is 20.0. The van der Waals surface area contributed by atoms with Gasteiger partial charge in [-0.25, -0.2) is 15.0 Å². The molecule has 3 heterocycles. The van der Waals surface area contributed by atoms with Crippen LogP contribution in [0.3, 0.4) is 0 Å². The van der Waals surface area contributed by atoms with E-state index in [1.165, 1.54) is 0 Å². The van der Waals surface area contributed by atoms with E-state index in [4.69, 9.17) is 5.73 Å². The molecular weight excluding hydrogens is 494 g/mol. The summed E-state index contributed by atoms with van der Waals surface area (Å²) in [6.07, 6.45) is 3.67. The van der Waals surface area contributed by atoms with Crippen LogP contribution in [0.4, 0.5) is 23.0 Å². The Hall–Kier alpha value is -4.24. The van der Waals surface area contributed by atoms with E-state index >= 15 is 0 Å². The quantitative estimate of drug-likeness (QED) is 0.270. The largest absolute Gasteiger partial charge is 0.397 e. The fraction of sp³-hybridized carbons (Fsp3) is 0.0400. The minimum Gasteiger partial charge on any atom is -0.397 e.